The van der Waals surface area contributed by atoms with E-state index in [-0.39, 0.29) is 24.4 Å². The standard InChI is InChI=1S/C15H25N3O4S/c1-15(2,3)22-14(21)17(4)9-11(20)12-13-10(5-8-23-13)16-18(12)6-7-19/h5,8,11-13,19-20H,6-7,9H2,1-4H3. The Labute approximate surface area is 141 Å². The van der Waals surface area contributed by atoms with Crippen LogP contribution in [0.5, 0.6) is 0 Å². The highest BCUT2D eigenvalue weighted by Gasteiger charge is 2.43. The van der Waals surface area contributed by atoms with Crippen molar-refractivity contribution in [3.63, 3.8) is 0 Å². The van der Waals surface area contributed by atoms with E-state index in [1.165, 1.54) is 4.90 Å². The van der Waals surface area contributed by atoms with E-state index in [0.29, 0.717) is 6.54 Å². The van der Waals surface area contributed by atoms with Crippen LogP contribution in [0.25, 0.3) is 0 Å². The second kappa shape index (κ2) is 7.11. The summed E-state index contributed by atoms with van der Waals surface area (Å²) in [6.07, 6.45) is 0.656. The van der Waals surface area contributed by atoms with E-state index in [2.05, 4.69) is 5.10 Å². The number of fused-ring (bicyclic) bond motifs is 1. The minimum atomic E-state index is -0.794. The number of aliphatic hydroxyl groups excluding tert-OH is 2. The number of β-amino-alcohol motifs (C(OH)–C–C–N with tert-alkyl or cyclic N) is 1. The minimum Gasteiger partial charge on any atom is -0.444 e. The number of thioether (sulfide) groups is 1. The van der Waals surface area contributed by atoms with Gasteiger partial charge in [-0.25, -0.2) is 4.79 Å². The number of likely N-dealkylation sites (N-methyl/N-ethyl adjacent to an activating group) is 1. The Morgan fingerprint density at radius 1 is 1.57 bits per heavy atom. The van der Waals surface area contributed by atoms with E-state index >= 15 is 0 Å². The van der Waals surface area contributed by atoms with Crippen LogP contribution in [-0.4, -0.2) is 81.7 Å². The van der Waals surface area contributed by atoms with Crippen LogP contribution in [0.3, 0.4) is 0 Å². The fourth-order valence-electron chi connectivity index (χ4n) is 2.58. The molecule has 2 aliphatic rings. The molecule has 8 heteroatoms. The second-order valence-electron chi connectivity index (χ2n) is 6.69. The van der Waals surface area contributed by atoms with Gasteiger partial charge in [0.1, 0.15) is 5.60 Å². The first-order valence-electron chi connectivity index (χ1n) is 7.63. The molecule has 7 nitrogen and oxygen atoms in total. The number of ether oxygens (including phenoxy) is 1. The van der Waals surface area contributed by atoms with Crippen molar-refractivity contribution in [3.05, 3.63) is 11.5 Å². The first-order chi connectivity index (χ1) is 10.7. The maximum atomic E-state index is 12.0. The molecule has 0 fully saturated rings. The van der Waals surface area contributed by atoms with E-state index in [1.54, 1.807) is 44.6 Å². The number of carbonyl (C=O) groups is 1. The molecule has 0 aliphatic carbocycles. The molecule has 2 aliphatic heterocycles. The van der Waals surface area contributed by atoms with Crippen molar-refractivity contribution >= 4 is 23.6 Å². The van der Waals surface area contributed by atoms with Crippen LogP contribution >= 0.6 is 11.8 Å². The summed E-state index contributed by atoms with van der Waals surface area (Å²) in [5.41, 5.74) is 0.320. The van der Waals surface area contributed by atoms with Crippen molar-refractivity contribution in [1.29, 1.82) is 0 Å². The van der Waals surface area contributed by atoms with Crippen molar-refractivity contribution < 1.29 is 19.7 Å². The summed E-state index contributed by atoms with van der Waals surface area (Å²) in [6, 6.07) is -0.276. The van der Waals surface area contributed by atoms with Gasteiger partial charge < -0.3 is 19.8 Å². The molecule has 23 heavy (non-hydrogen) atoms. The summed E-state index contributed by atoms with van der Waals surface area (Å²) in [4.78, 5) is 13.4. The van der Waals surface area contributed by atoms with Crippen LogP contribution in [0.15, 0.2) is 16.6 Å². The number of carbonyl (C=O) groups excluding carboxylic acids is 1. The average Bonchev–Trinajstić information content (AvgIpc) is 2.96. The molecule has 0 aromatic heterocycles. The smallest absolute Gasteiger partial charge is 0.410 e. The summed E-state index contributed by atoms with van der Waals surface area (Å²) in [5, 5.41) is 27.9. The summed E-state index contributed by atoms with van der Waals surface area (Å²) in [5.74, 6) is 0. The van der Waals surface area contributed by atoms with Crippen molar-refractivity contribution in [2.75, 3.05) is 26.7 Å². The SMILES string of the molecule is CN(CC(O)C1C2SC=CC2=NN1CCO)C(=O)OC(C)(C)C. The monoisotopic (exact) mass is 343 g/mol. The van der Waals surface area contributed by atoms with Gasteiger partial charge in [-0.15, -0.1) is 11.8 Å². The molecule has 0 spiro atoms. The molecule has 3 atom stereocenters. The maximum Gasteiger partial charge on any atom is 0.410 e. The van der Waals surface area contributed by atoms with Gasteiger partial charge in [0.05, 0.1) is 42.8 Å². The third-order valence-corrected chi connectivity index (χ3v) is 4.65. The molecular weight excluding hydrogens is 318 g/mol. The Bertz CT molecular complexity index is 503. The highest BCUT2D eigenvalue weighted by molar-refractivity contribution is 8.04. The van der Waals surface area contributed by atoms with Crippen LogP contribution in [0.4, 0.5) is 4.79 Å². The number of allylic oxidation sites excluding steroid dienone is 1. The molecule has 2 rings (SSSR count). The van der Waals surface area contributed by atoms with Crippen LogP contribution in [0.1, 0.15) is 20.8 Å². The van der Waals surface area contributed by atoms with Crippen LogP contribution in [-0.2, 0) is 4.74 Å². The predicted molar refractivity (Wildman–Crippen MR) is 90.4 cm³/mol. The Balaban J connectivity index is 1.99. The van der Waals surface area contributed by atoms with Gasteiger partial charge in [-0.3, -0.25) is 5.01 Å². The summed E-state index contributed by atoms with van der Waals surface area (Å²) >= 11 is 1.60. The quantitative estimate of drug-likeness (QED) is 0.771. The van der Waals surface area contributed by atoms with Gasteiger partial charge in [0.25, 0.3) is 0 Å². The Kier molecular flexibility index (Phi) is 5.59. The average molecular weight is 343 g/mol. The minimum absolute atomic E-state index is 0.0311. The van der Waals surface area contributed by atoms with Gasteiger partial charge in [0, 0.05) is 7.05 Å². The lowest BCUT2D eigenvalue weighted by Gasteiger charge is -2.33. The van der Waals surface area contributed by atoms with Crippen LogP contribution in [0.2, 0.25) is 0 Å². The highest BCUT2D eigenvalue weighted by Crippen LogP contribution is 2.34. The lowest BCUT2D eigenvalue weighted by molar-refractivity contribution is 0.00548. The first kappa shape index (κ1) is 18.1. The van der Waals surface area contributed by atoms with Gasteiger partial charge in [0.15, 0.2) is 0 Å². The van der Waals surface area contributed by atoms with Gasteiger partial charge in [-0.2, -0.15) is 5.10 Å². The lowest BCUT2D eigenvalue weighted by atomic mass is 10.0. The number of hydrazone groups is 1. The van der Waals surface area contributed by atoms with Crippen LogP contribution in [0, 0.1) is 0 Å². The fraction of sp³-hybridized carbons (Fsp3) is 0.733. The molecule has 1 amide bonds. The Morgan fingerprint density at radius 3 is 2.87 bits per heavy atom. The second-order valence-corrected chi connectivity index (χ2v) is 7.74. The molecule has 130 valence electrons. The predicted octanol–water partition coefficient (Wildman–Crippen LogP) is 0.876. The van der Waals surface area contributed by atoms with Gasteiger partial charge in [-0.1, -0.05) is 0 Å². The number of nitrogens with zero attached hydrogens (tertiary/aromatic N) is 3. The molecule has 0 aromatic rings. The van der Waals surface area contributed by atoms with Crippen molar-refractivity contribution in [2.45, 2.75) is 43.8 Å². The number of amides is 1. The van der Waals surface area contributed by atoms with Crippen molar-refractivity contribution in [1.82, 2.24) is 9.91 Å². The normalized spacial score (nSPS) is 24.4. The van der Waals surface area contributed by atoms with E-state index in [0.717, 1.165) is 5.71 Å². The van der Waals surface area contributed by atoms with Crippen molar-refractivity contribution in [3.8, 4) is 0 Å². The molecule has 0 saturated carbocycles. The van der Waals surface area contributed by atoms with E-state index < -0.39 is 17.8 Å². The Morgan fingerprint density at radius 2 is 2.26 bits per heavy atom. The highest BCUT2D eigenvalue weighted by atomic mass is 32.2. The number of hydrogen-bond acceptors (Lipinski definition) is 7. The third-order valence-electron chi connectivity index (χ3n) is 3.54. The number of rotatable bonds is 5. The van der Waals surface area contributed by atoms with Crippen LogP contribution < -0.4 is 0 Å². The summed E-state index contributed by atoms with van der Waals surface area (Å²) < 4.78 is 5.30. The molecule has 2 N–H and O–H groups in total. The number of hydrogen-bond donors (Lipinski definition) is 2. The largest absolute Gasteiger partial charge is 0.444 e. The fourth-order valence-corrected chi connectivity index (χ4v) is 3.72. The van der Waals surface area contributed by atoms with E-state index in [9.17, 15) is 15.0 Å². The lowest BCUT2D eigenvalue weighted by Crippen LogP contribution is -2.50. The van der Waals surface area contributed by atoms with Gasteiger partial charge in [0.2, 0.25) is 0 Å². The summed E-state index contributed by atoms with van der Waals surface area (Å²) in [6.45, 7) is 5.86. The van der Waals surface area contributed by atoms with E-state index in [1.807, 2.05) is 11.5 Å². The summed E-state index contributed by atoms with van der Waals surface area (Å²) in [7, 11) is 1.60. The molecular formula is C15H25N3O4S. The van der Waals surface area contributed by atoms with Gasteiger partial charge in [-0.05, 0) is 32.3 Å². The molecule has 0 saturated heterocycles. The Hall–Kier alpha value is -1.25. The van der Waals surface area contributed by atoms with Gasteiger partial charge >= 0.3 is 6.09 Å². The maximum absolute atomic E-state index is 12.0. The van der Waals surface area contributed by atoms with Crippen molar-refractivity contribution in [2.24, 2.45) is 5.10 Å². The molecule has 3 unspecified atom stereocenters. The molecule has 0 radical (unpaired) electrons. The molecule has 0 bridgehead atoms. The number of aliphatic hydroxyl groups is 2. The molecule has 2 heterocycles. The first-order valence-corrected chi connectivity index (χ1v) is 8.57. The zero-order valence-electron chi connectivity index (χ0n) is 14.0. The zero-order chi connectivity index (χ0) is 17.2. The molecule has 0 aromatic carbocycles. The topological polar surface area (TPSA) is 85.6 Å². The third kappa shape index (κ3) is 4.39. The van der Waals surface area contributed by atoms with E-state index in [4.69, 9.17) is 4.74 Å². The zero-order valence-corrected chi connectivity index (χ0v) is 14.8.